The number of carbonyl (C=O) groups is 1. The van der Waals surface area contributed by atoms with E-state index in [0.717, 1.165) is 16.8 Å². The summed E-state index contributed by atoms with van der Waals surface area (Å²) < 4.78 is 33.5. The smallest absolute Gasteiger partial charge is 0.328 e. The van der Waals surface area contributed by atoms with E-state index in [1.807, 2.05) is 49.4 Å². The van der Waals surface area contributed by atoms with Crippen LogP contribution in [0.3, 0.4) is 0 Å². The van der Waals surface area contributed by atoms with Crippen molar-refractivity contribution in [1.29, 1.82) is 5.26 Å². The molecular formula is C27H31N3O4S. The second-order valence-corrected chi connectivity index (χ2v) is 11.7. The fraction of sp³-hybridized carbons (Fsp3) is 0.444. The standard InChI is InChI=1S/C27H31N3O4S/c1-5-35(32,33)30-27-14-17(2)18(3)23(25(27)19(4)34-26(27)31)13-12-22-11-10-21(16-29-22)24-9-7-6-8-20(24)15-28/h6-13,16-19,23,25,30H,5,14H2,1-4H3/b13-12+/t17?,18?,19-,23?,25+,27+/m1/s1. The van der Waals surface area contributed by atoms with Gasteiger partial charge in [0.2, 0.25) is 10.0 Å². The van der Waals surface area contributed by atoms with Gasteiger partial charge in [0.05, 0.1) is 23.1 Å². The lowest BCUT2D eigenvalue weighted by molar-refractivity contribution is -0.146. The van der Waals surface area contributed by atoms with E-state index in [-0.39, 0.29) is 29.4 Å². The molecule has 0 radical (unpaired) electrons. The Morgan fingerprint density at radius 1 is 1.23 bits per heavy atom. The summed E-state index contributed by atoms with van der Waals surface area (Å²) in [5.41, 5.74) is 1.76. The Labute approximate surface area is 207 Å². The summed E-state index contributed by atoms with van der Waals surface area (Å²) in [6.45, 7) is 7.60. The molecule has 2 aromatic rings. The highest BCUT2D eigenvalue weighted by Gasteiger charge is 2.63. The average Bonchev–Trinajstić information content (AvgIpc) is 3.08. The van der Waals surface area contributed by atoms with Gasteiger partial charge in [0.15, 0.2) is 0 Å². The summed E-state index contributed by atoms with van der Waals surface area (Å²) in [7, 11) is -3.62. The van der Waals surface area contributed by atoms with Crippen LogP contribution in [0.25, 0.3) is 17.2 Å². The molecule has 1 aromatic heterocycles. The van der Waals surface area contributed by atoms with E-state index < -0.39 is 27.6 Å². The van der Waals surface area contributed by atoms with E-state index in [1.165, 1.54) is 0 Å². The molecule has 4 rings (SSSR count). The Kier molecular flexibility index (Phi) is 6.85. The fourth-order valence-corrected chi connectivity index (χ4v) is 6.65. The van der Waals surface area contributed by atoms with E-state index in [0.29, 0.717) is 12.0 Å². The minimum absolute atomic E-state index is 0.0828. The lowest BCUT2D eigenvalue weighted by atomic mass is 9.59. The number of pyridine rings is 1. The predicted molar refractivity (Wildman–Crippen MR) is 134 cm³/mol. The minimum atomic E-state index is -3.62. The lowest BCUT2D eigenvalue weighted by Crippen LogP contribution is -2.63. The molecule has 2 heterocycles. The lowest BCUT2D eigenvalue weighted by Gasteiger charge is -2.47. The van der Waals surface area contributed by atoms with Crippen molar-refractivity contribution in [2.24, 2.45) is 23.7 Å². The number of ether oxygens (including phenoxy) is 1. The number of rotatable bonds is 6. The van der Waals surface area contributed by atoms with Crippen molar-refractivity contribution in [3.63, 3.8) is 0 Å². The quantitative estimate of drug-likeness (QED) is 0.605. The number of esters is 1. The molecular weight excluding hydrogens is 462 g/mol. The van der Waals surface area contributed by atoms with Gasteiger partial charge in [-0.25, -0.2) is 13.2 Å². The molecule has 1 N–H and O–H groups in total. The molecule has 1 saturated heterocycles. The Balaban J connectivity index is 1.65. The Morgan fingerprint density at radius 2 is 1.97 bits per heavy atom. The Hall–Kier alpha value is -3.02. The number of allylic oxidation sites excluding steroid dienone is 1. The highest BCUT2D eigenvalue weighted by Crippen LogP contribution is 2.51. The molecule has 1 aliphatic heterocycles. The first-order valence-electron chi connectivity index (χ1n) is 12.0. The largest absolute Gasteiger partial charge is 0.461 e. The maximum Gasteiger partial charge on any atom is 0.328 e. The van der Waals surface area contributed by atoms with E-state index in [4.69, 9.17) is 4.74 Å². The van der Waals surface area contributed by atoms with Gasteiger partial charge in [-0.15, -0.1) is 0 Å². The third kappa shape index (κ3) is 4.63. The highest BCUT2D eigenvalue weighted by atomic mass is 32.2. The predicted octanol–water partition coefficient (Wildman–Crippen LogP) is 4.17. The summed E-state index contributed by atoms with van der Waals surface area (Å²) in [5.74, 6) is -0.659. The summed E-state index contributed by atoms with van der Waals surface area (Å²) in [5, 5.41) is 9.37. The molecule has 7 nitrogen and oxygen atoms in total. The molecule has 35 heavy (non-hydrogen) atoms. The fourth-order valence-electron chi connectivity index (χ4n) is 5.65. The first kappa shape index (κ1) is 25.1. The van der Waals surface area contributed by atoms with Gasteiger partial charge in [0, 0.05) is 23.2 Å². The zero-order chi connectivity index (χ0) is 25.4. The number of hydrogen-bond donors (Lipinski definition) is 1. The van der Waals surface area contributed by atoms with Crippen molar-refractivity contribution < 1.29 is 17.9 Å². The van der Waals surface area contributed by atoms with Crippen LogP contribution in [0.15, 0.2) is 48.7 Å². The van der Waals surface area contributed by atoms with Gasteiger partial charge in [-0.3, -0.25) is 4.98 Å². The third-order valence-electron chi connectivity index (χ3n) is 7.65. The van der Waals surface area contributed by atoms with Gasteiger partial charge in [-0.2, -0.15) is 9.98 Å². The summed E-state index contributed by atoms with van der Waals surface area (Å²) in [4.78, 5) is 17.6. The monoisotopic (exact) mass is 493 g/mol. The van der Waals surface area contributed by atoms with Crippen LogP contribution in [0.5, 0.6) is 0 Å². The summed E-state index contributed by atoms with van der Waals surface area (Å²) in [6, 6.07) is 13.4. The van der Waals surface area contributed by atoms with Gasteiger partial charge in [0.25, 0.3) is 0 Å². The molecule has 6 atom stereocenters. The molecule has 0 bridgehead atoms. The maximum atomic E-state index is 13.0. The molecule has 8 heteroatoms. The van der Waals surface area contributed by atoms with Crippen molar-refractivity contribution in [3.8, 4) is 17.2 Å². The Bertz CT molecular complexity index is 1280. The first-order valence-corrected chi connectivity index (χ1v) is 13.6. The van der Waals surface area contributed by atoms with E-state index in [1.54, 1.807) is 19.2 Å². The van der Waals surface area contributed by atoms with Crippen LogP contribution in [-0.2, 0) is 19.6 Å². The summed E-state index contributed by atoms with van der Waals surface area (Å²) >= 11 is 0. The number of hydrogen-bond acceptors (Lipinski definition) is 6. The SMILES string of the molecule is CCS(=O)(=O)N[C@@]12CC(C)C(C)C(/C=C/c3ccc(-c4ccccc4C#N)cn3)[C@@H]1[C@@H](C)OC2=O. The number of carbonyl (C=O) groups excluding carboxylic acids is 1. The molecule has 184 valence electrons. The van der Waals surface area contributed by atoms with Gasteiger partial charge in [-0.05, 0) is 56.2 Å². The number of nitriles is 1. The first-order chi connectivity index (χ1) is 16.6. The number of sulfonamides is 1. The number of cyclic esters (lactones) is 1. The van der Waals surface area contributed by atoms with Crippen molar-refractivity contribution in [2.45, 2.75) is 45.8 Å². The zero-order valence-electron chi connectivity index (χ0n) is 20.4. The number of nitrogens with zero attached hydrogens (tertiary/aromatic N) is 2. The van der Waals surface area contributed by atoms with Crippen LogP contribution >= 0.6 is 0 Å². The maximum absolute atomic E-state index is 13.0. The number of fused-ring (bicyclic) bond motifs is 1. The molecule has 2 fully saturated rings. The van der Waals surface area contributed by atoms with Crippen molar-refractivity contribution in [3.05, 3.63) is 59.9 Å². The summed E-state index contributed by atoms with van der Waals surface area (Å²) in [6.07, 6.45) is 5.71. The van der Waals surface area contributed by atoms with Crippen LogP contribution < -0.4 is 4.72 Å². The molecule has 1 saturated carbocycles. The molecule has 3 unspecified atom stereocenters. The number of benzene rings is 1. The topological polar surface area (TPSA) is 109 Å². The van der Waals surface area contributed by atoms with Crippen molar-refractivity contribution >= 4 is 22.1 Å². The van der Waals surface area contributed by atoms with Crippen LogP contribution in [0.1, 0.15) is 45.4 Å². The molecule has 1 aliphatic carbocycles. The van der Waals surface area contributed by atoms with Crippen LogP contribution in [0, 0.1) is 35.0 Å². The molecule has 1 aromatic carbocycles. The molecule has 0 amide bonds. The van der Waals surface area contributed by atoms with Crippen molar-refractivity contribution in [2.75, 3.05) is 5.75 Å². The zero-order valence-corrected chi connectivity index (χ0v) is 21.2. The van der Waals surface area contributed by atoms with Crippen LogP contribution in [0.2, 0.25) is 0 Å². The van der Waals surface area contributed by atoms with Gasteiger partial charge in [-0.1, -0.05) is 44.2 Å². The second-order valence-electron chi connectivity index (χ2n) is 9.72. The Morgan fingerprint density at radius 3 is 2.63 bits per heavy atom. The van der Waals surface area contributed by atoms with Crippen molar-refractivity contribution in [1.82, 2.24) is 9.71 Å². The van der Waals surface area contributed by atoms with Gasteiger partial charge in [0.1, 0.15) is 11.6 Å². The van der Waals surface area contributed by atoms with E-state index >= 15 is 0 Å². The van der Waals surface area contributed by atoms with E-state index in [2.05, 4.69) is 29.6 Å². The second kappa shape index (κ2) is 9.56. The molecule has 0 spiro atoms. The molecule has 2 aliphatic rings. The highest BCUT2D eigenvalue weighted by molar-refractivity contribution is 7.89. The number of nitrogens with one attached hydrogen (secondary N) is 1. The van der Waals surface area contributed by atoms with E-state index in [9.17, 15) is 18.5 Å². The number of aromatic nitrogens is 1. The van der Waals surface area contributed by atoms with Gasteiger partial charge >= 0.3 is 5.97 Å². The normalized spacial score (nSPS) is 30.6. The van der Waals surface area contributed by atoms with Gasteiger partial charge < -0.3 is 4.74 Å². The van der Waals surface area contributed by atoms with Crippen LogP contribution in [0.4, 0.5) is 0 Å². The third-order valence-corrected chi connectivity index (χ3v) is 9.08. The average molecular weight is 494 g/mol. The minimum Gasteiger partial charge on any atom is -0.461 e. The van der Waals surface area contributed by atoms with Crippen LogP contribution in [-0.4, -0.2) is 36.8 Å².